The van der Waals surface area contributed by atoms with Gasteiger partial charge < -0.3 is 14.4 Å². The van der Waals surface area contributed by atoms with Crippen LogP contribution in [-0.4, -0.2) is 27.7 Å². The summed E-state index contributed by atoms with van der Waals surface area (Å²) in [5, 5.41) is 9.01. The molecular formula is C19H20N2O3. The van der Waals surface area contributed by atoms with Crippen molar-refractivity contribution in [2.45, 2.75) is 27.0 Å². The van der Waals surface area contributed by atoms with Gasteiger partial charge in [-0.05, 0) is 54.8 Å². The molecule has 24 heavy (non-hydrogen) atoms. The van der Waals surface area contributed by atoms with Gasteiger partial charge in [0.25, 0.3) is 0 Å². The van der Waals surface area contributed by atoms with Gasteiger partial charge in [-0.3, -0.25) is 0 Å². The van der Waals surface area contributed by atoms with Gasteiger partial charge in [0.05, 0.1) is 16.6 Å². The summed E-state index contributed by atoms with van der Waals surface area (Å²) in [5.41, 5.74) is 5.75. The molecule has 0 amide bonds. The Kier molecular flexibility index (Phi) is 4.36. The summed E-state index contributed by atoms with van der Waals surface area (Å²) < 4.78 is 7.41. The molecule has 0 saturated heterocycles. The van der Waals surface area contributed by atoms with E-state index in [9.17, 15) is 4.79 Å². The number of fused-ring (bicyclic) bond motifs is 1. The van der Waals surface area contributed by atoms with E-state index < -0.39 is 5.97 Å². The molecule has 3 aromatic rings. The number of aromatic carboxylic acids is 1. The molecule has 1 N–H and O–H groups in total. The largest absolute Gasteiger partial charge is 0.478 e. The second-order valence-corrected chi connectivity index (χ2v) is 5.97. The number of hydrogen-bond acceptors (Lipinski definition) is 3. The SMILES string of the molecule is COCc1nc2cc(C)c(C)cc2n1Cc1ccc(C(=O)O)cc1. The number of ether oxygens (including phenoxy) is 1. The first-order valence-electron chi connectivity index (χ1n) is 7.77. The van der Waals surface area contributed by atoms with Crippen LogP contribution in [0.2, 0.25) is 0 Å². The monoisotopic (exact) mass is 324 g/mol. The van der Waals surface area contributed by atoms with Crippen molar-refractivity contribution in [3.05, 3.63) is 64.5 Å². The Morgan fingerprint density at radius 2 is 1.83 bits per heavy atom. The van der Waals surface area contributed by atoms with Crippen molar-refractivity contribution < 1.29 is 14.6 Å². The molecule has 0 atom stereocenters. The lowest BCUT2D eigenvalue weighted by molar-refractivity contribution is 0.0697. The molecule has 0 saturated carbocycles. The summed E-state index contributed by atoms with van der Waals surface area (Å²) in [6.45, 7) is 5.22. The molecule has 0 aliphatic heterocycles. The quantitative estimate of drug-likeness (QED) is 0.779. The molecule has 1 aromatic heterocycles. The van der Waals surface area contributed by atoms with E-state index in [4.69, 9.17) is 14.8 Å². The maximum absolute atomic E-state index is 11.0. The molecule has 124 valence electrons. The second-order valence-electron chi connectivity index (χ2n) is 5.97. The number of aryl methyl sites for hydroxylation is 2. The van der Waals surface area contributed by atoms with Crippen LogP contribution in [0.5, 0.6) is 0 Å². The van der Waals surface area contributed by atoms with Gasteiger partial charge in [-0.15, -0.1) is 0 Å². The zero-order chi connectivity index (χ0) is 17.3. The predicted octanol–water partition coefficient (Wildman–Crippen LogP) is 3.55. The Balaban J connectivity index is 2.04. The van der Waals surface area contributed by atoms with Crippen molar-refractivity contribution in [2.24, 2.45) is 0 Å². The number of carbonyl (C=O) groups is 1. The molecule has 0 bridgehead atoms. The van der Waals surface area contributed by atoms with Gasteiger partial charge in [0.15, 0.2) is 0 Å². The minimum atomic E-state index is -0.916. The lowest BCUT2D eigenvalue weighted by Crippen LogP contribution is -2.06. The fourth-order valence-corrected chi connectivity index (χ4v) is 2.78. The fraction of sp³-hybridized carbons (Fsp3) is 0.263. The Labute approximate surface area is 140 Å². The van der Waals surface area contributed by atoms with Gasteiger partial charge in [-0.25, -0.2) is 9.78 Å². The van der Waals surface area contributed by atoms with Crippen molar-refractivity contribution in [1.82, 2.24) is 9.55 Å². The average molecular weight is 324 g/mol. The number of carboxylic acids is 1. The van der Waals surface area contributed by atoms with Gasteiger partial charge in [-0.1, -0.05) is 12.1 Å². The molecule has 5 heteroatoms. The highest BCUT2D eigenvalue weighted by Crippen LogP contribution is 2.22. The van der Waals surface area contributed by atoms with Crippen LogP contribution in [0.25, 0.3) is 11.0 Å². The molecule has 0 radical (unpaired) electrons. The van der Waals surface area contributed by atoms with Crippen LogP contribution < -0.4 is 0 Å². The molecule has 1 heterocycles. The molecule has 0 spiro atoms. The van der Waals surface area contributed by atoms with Gasteiger partial charge in [0, 0.05) is 13.7 Å². The van der Waals surface area contributed by atoms with Gasteiger partial charge in [0.1, 0.15) is 12.4 Å². The number of hydrogen-bond donors (Lipinski definition) is 1. The van der Waals surface area contributed by atoms with E-state index in [1.165, 1.54) is 11.1 Å². The predicted molar refractivity (Wildman–Crippen MR) is 92.4 cm³/mol. The maximum atomic E-state index is 11.0. The van der Waals surface area contributed by atoms with E-state index >= 15 is 0 Å². The first kappa shape index (κ1) is 16.2. The standard InChI is InChI=1S/C19H20N2O3/c1-12-8-16-17(9-13(12)2)21(18(20-16)11-24-3)10-14-4-6-15(7-5-14)19(22)23/h4-9H,10-11H2,1-3H3,(H,22,23). The minimum Gasteiger partial charge on any atom is -0.478 e. The Morgan fingerprint density at radius 1 is 1.17 bits per heavy atom. The topological polar surface area (TPSA) is 64.4 Å². The molecule has 0 aliphatic carbocycles. The smallest absolute Gasteiger partial charge is 0.335 e. The van der Waals surface area contributed by atoms with Crippen LogP contribution in [0, 0.1) is 13.8 Å². The summed E-state index contributed by atoms with van der Waals surface area (Å²) in [6, 6.07) is 11.2. The summed E-state index contributed by atoms with van der Waals surface area (Å²) in [5.74, 6) is -0.0550. The van der Waals surface area contributed by atoms with E-state index in [1.54, 1.807) is 19.2 Å². The molecule has 2 aromatic carbocycles. The molecular weight excluding hydrogens is 304 g/mol. The maximum Gasteiger partial charge on any atom is 0.335 e. The normalized spacial score (nSPS) is 11.1. The van der Waals surface area contributed by atoms with Crippen molar-refractivity contribution in [2.75, 3.05) is 7.11 Å². The third-order valence-corrected chi connectivity index (χ3v) is 4.26. The van der Waals surface area contributed by atoms with Crippen LogP contribution in [0.3, 0.4) is 0 Å². The first-order valence-corrected chi connectivity index (χ1v) is 7.77. The van der Waals surface area contributed by atoms with E-state index in [0.717, 1.165) is 22.4 Å². The number of imidazole rings is 1. The van der Waals surface area contributed by atoms with Crippen LogP contribution in [-0.2, 0) is 17.9 Å². The van der Waals surface area contributed by atoms with Crippen molar-refractivity contribution in [1.29, 1.82) is 0 Å². The van der Waals surface area contributed by atoms with Crippen molar-refractivity contribution in [3.8, 4) is 0 Å². The number of rotatable bonds is 5. The van der Waals surface area contributed by atoms with Gasteiger partial charge in [-0.2, -0.15) is 0 Å². The van der Waals surface area contributed by atoms with Gasteiger partial charge in [0.2, 0.25) is 0 Å². The van der Waals surface area contributed by atoms with Crippen molar-refractivity contribution >= 4 is 17.0 Å². The van der Waals surface area contributed by atoms with Crippen LogP contribution in [0.1, 0.15) is 32.9 Å². The molecule has 0 unspecified atom stereocenters. The van der Waals surface area contributed by atoms with Crippen LogP contribution in [0.4, 0.5) is 0 Å². The Bertz CT molecular complexity index is 895. The highest BCUT2D eigenvalue weighted by molar-refractivity contribution is 5.87. The van der Waals surface area contributed by atoms with E-state index in [2.05, 4.69) is 30.5 Å². The summed E-state index contributed by atoms with van der Waals surface area (Å²) in [7, 11) is 1.65. The number of carboxylic acid groups (broad SMARTS) is 1. The molecule has 3 rings (SSSR count). The third-order valence-electron chi connectivity index (χ3n) is 4.26. The zero-order valence-corrected chi connectivity index (χ0v) is 14.0. The van der Waals surface area contributed by atoms with E-state index in [-0.39, 0.29) is 5.56 Å². The first-order chi connectivity index (χ1) is 11.5. The minimum absolute atomic E-state index is 0.290. The van der Waals surface area contributed by atoms with Gasteiger partial charge >= 0.3 is 5.97 Å². The molecule has 5 nitrogen and oxygen atoms in total. The number of nitrogens with zero attached hydrogens (tertiary/aromatic N) is 2. The number of aromatic nitrogens is 2. The number of benzene rings is 2. The Hall–Kier alpha value is -2.66. The average Bonchev–Trinajstić information content (AvgIpc) is 2.86. The summed E-state index contributed by atoms with van der Waals surface area (Å²) >= 11 is 0. The lowest BCUT2D eigenvalue weighted by atomic mass is 10.1. The van der Waals surface area contributed by atoms with Crippen LogP contribution >= 0.6 is 0 Å². The molecule has 0 aliphatic rings. The fourth-order valence-electron chi connectivity index (χ4n) is 2.78. The third kappa shape index (κ3) is 3.03. The second kappa shape index (κ2) is 6.45. The number of methoxy groups -OCH3 is 1. The summed E-state index contributed by atoms with van der Waals surface area (Å²) in [4.78, 5) is 15.7. The highest BCUT2D eigenvalue weighted by atomic mass is 16.5. The van der Waals surface area contributed by atoms with E-state index in [1.807, 2.05) is 12.1 Å². The Morgan fingerprint density at radius 3 is 2.46 bits per heavy atom. The zero-order valence-electron chi connectivity index (χ0n) is 14.0. The van der Waals surface area contributed by atoms with E-state index in [0.29, 0.717) is 13.2 Å². The molecule has 0 fully saturated rings. The summed E-state index contributed by atoms with van der Waals surface area (Å²) in [6.07, 6.45) is 0. The van der Waals surface area contributed by atoms with Crippen molar-refractivity contribution in [3.63, 3.8) is 0 Å². The highest BCUT2D eigenvalue weighted by Gasteiger charge is 2.13. The lowest BCUT2D eigenvalue weighted by Gasteiger charge is -2.10. The van der Waals surface area contributed by atoms with Crippen LogP contribution in [0.15, 0.2) is 36.4 Å².